The fourth-order valence-electron chi connectivity index (χ4n) is 2.70. The summed E-state index contributed by atoms with van der Waals surface area (Å²) in [5.74, 6) is 1.71. The predicted molar refractivity (Wildman–Crippen MR) is 91.3 cm³/mol. The molecule has 2 aromatic carbocycles. The molecule has 0 saturated carbocycles. The van der Waals surface area contributed by atoms with E-state index in [4.69, 9.17) is 9.47 Å². The van der Waals surface area contributed by atoms with Crippen molar-refractivity contribution in [2.24, 2.45) is 0 Å². The van der Waals surface area contributed by atoms with Crippen molar-refractivity contribution < 1.29 is 9.47 Å². The Balaban J connectivity index is 0.00000176. The molecule has 0 radical (unpaired) electrons. The monoisotopic (exact) mass is 319 g/mol. The maximum Gasteiger partial charge on any atom is 0.161 e. The van der Waals surface area contributed by atoms with Crippen LogP contribution in [0.15, 0.2) is 48.5 Å². The van der Waals surface area contributed by atoms with Gasteiger partial charge in [-0.25, -0.2) is 0 Å². The Kier molecular flexibility index (Phi) is 5.69. The van der Waals surface area contributed by atoms with E-state index in [1.807, 2.05) is 6.07 Å². The Labute approximate surface area is 138 Å². The van der Waals surface area contributed by atoms with Gasteiger partial charge >= 0.3 is 0 Å². The molecule has 1 atom stereocenters. The Morgan fingerprint density at radius 1 is 0.955 bits per heavy atom. The normalized spacial score (nSPS) is 14.3. The van der Waals surface area contributed by atoms with Crippen molar-refractivity contribution in [3.05, 3.63) is 59.7 Å². The number of benzene rings is 2. The van der Waals surface area contributed by atoms with E-state index >= 15 is 0 Å². The van der Waals surface area contributed by atoms with E-state index in [0.717, 1.165) is 17.9 Å². The van der Waals surface area contributed by atoms with Gasteiger partial charge in [-0.05, 0) is 43.8 Å². The molecule has 0 bridgehead atoms. The minimum atomic E-state index is 0. The van der Waals surface area contributed by atoms with Crippen molar-refractivity contribution in [3.63, 3.8) is 0 Å². The quantitative estimate of drug-likeness (QED) is 0.857. The lowest BCUT2D eigenvalue weighted by molar-refractivity contribution is 0.171. The highest BCUT2D eigenvalue weighted by molar-refractivity contribution is 5.85. The molecule has 3 rings (SSSR count). The second-order valence-corrected chi connectivity index (χ2v) is 5.57. The number of rotatable bonds is 4. The zero-order valence-electron chi connectivity index (χ0n) is 13.0. The second-order valence-electron chi connectivity index (χ2n) is 5.57. The summed E-state index contributed by atoms with van der Waals surface area (Å²) in [6.07, 6.45) is 0.980. The van der Waals surface area contributed by atoms with Crippen molar-refractivity contribution in [3.8, 4) is 11.5 Å². The molecule has 0 aromatic heterocycles. The summed E-state index contributed by atoms with van der Waals surface area (Å²) in [5.41, 5.74) is 2.60. The molecular formula is C18H22ClNO2. The van der Waals surface area contributed by atoms with Crippen LogP contribution in [-0.2, 0) is 6.42 Å². The molecule has 0 N–H and O–H groups in total. The molecule has 0 fully saturated rings. The zero-order valence-corrected chi connectivity index (χ0v) is 13.8. The first-order chi connectivity index (χ1) is 10.2. The molecule has 0 saturated heterocycles. The molecule has 1 unspecified atom stereocenters. The van der Waals surface area contributed by atoms with Gasteiger partial charge in [0.2, 0.25) is 0 Å². The third-order valence-corrected chi connectivity index (χ3v) is 3.85. The van der Waals surface area contributed by atoms with E-state index < -0.39 is 0 Å². The Morgan fingerprint density at radius 2 is 1.64 bits per heavy atom. The van der Waals surface area contributed by atoms with E-state index in [9.17, 15) is 0 Å². The smallest absolute Gasteiger partial charge is 0.161 e. The molecule has 1 aliphatic rings. The average molecular weight is 320 g/mol. The zero-order chi connectivity index (χ0) is 14.7. The lowest BCUT2D eigenvalue weighted by Gasteiger charge is -2.27. The Hall–Kier alpha value is -1.71. The Morgan fingerprint density at radius 3 is 2.32 bits per heavy atom. The number of likely N-dealkylation sites (N-methyl/N-ethyl adjacent to an activating group) is 1. The molecule has 4 heteroatoms. The van der Waals surface area contributed by atoms with Crippen LogP contribution in [0.1, 0.15) is 17.2 Å². The van der Waals surface area contributed by atoms with Gasteiger partial charge in [0.25, 0.3) is 0 Å². The van der Waals surface area contributed by atoms with Gasteiger partial charge in [0.05, 0.1) is 0 Å². The van der Waals surface area contributed by atoms with Crippen LogP contribution < -0.4 is 9.47 Å². The van der Waals surface area contributed by atoms with Crippen LogP contribution in [0.3, 0.4) is 0 Å². The summed E-state index contributed by atoms with van der Waals surface area (Å²) >= 11 is 0. The topological polar surface area (TPSA) is 21.7 Å². The number of halogens is 1. The van der Waals surface area contributed by atoms with Gasteiger partial charge in [-0.15, -0.1) is 12.4 Å². The van der Waals surface area contributed by atoms with Crippen molar-refractivity contribution in [2.45, 2.75) is 12.5 Å². The maximum absolute atomic E-state index is 5.70. The highest BCUT2D eigenvalue weighted by Gasteiger charge is 2.19. The van der Waals surface area contributed by atoms with E-state index in [2.05, 4.69) is 61.5 Å². The van der Waals surface area contributed by atoms with Crippen LogP contribution in [0.4, 0.5) is 0 Å². The predicted octanol–water partition coefficient (Wildman–Crippen LogP) is 3.73. The molecule has 1 heterocycles. The maximum atomic E-state index is 5.70. The molecule has 1 aliphatic heterocycles. The SMILES string of the molecule is CN(C)C(Cc1ccccc1)c1ccc2c(c1)OCCO2.Cl. The van der Waals surface area contributed by atoms with Crippen LogP contribution in [-0.4, -0.2) is 32.2 Å². The fourth-order valence-corrected chi connectivity index (χ4v) is 2.70. The van der Waals surface area contributed by atoms with Crippen LogP contribution in [0.5, 0.6) is 11.5 Å². The van der Waals surface area contributed by atoms with E-state index in [-0.39, 0.29) is 12.4 Å². The van der Waals surface area contributed by atoms with Crippen molar-refractivity contribution in [1.29, 1.82) is 0 Å². The van der Waals surface area contributed by atoms with Gasteiger partial charge in [0.15, 0.2) is 11.5 Å². The van der Waals surface area contributed by atoms with Gasteiger partial charge < -0.3 is 14.4 Å². The third-order valence-electron chi connectivity index (χ3n) is 3.85. The molecule has 0 aliphatic carbocycles. The molecule has 3 nitrogen and oxygen atoms in total. The molecule has 2 aromatic rings. The van der Waals surface area contributed by atoms with Gasteiger partial charge in [0, 0.05) is 6.04 Å². The molecule has 0 spiro atoms. The minimum absolute atomic E-state index is 0. The largest absolute Gasteiger partial charge is 0.486 e. The number of hydrogen-bond donors (Lipinski definition) is 0. The first-order valence-corrected chi connectivity index (χ1v) is 7.34. The summed E-state index contributed by atoms with van der Waals surface area (Å²) in [6.45, 7) is 1.26. The first kappa shape index (κ1) is 16.7. The summed E-state index contributed by atoms with van der Waals surface area (Å²) in [4.78, 5) is 2.25. The lowest BCUT2D eigenvalue weighted by atomic mass is 9.97. The number of nitrogens with zero attached hydrogens (tertiary/aromatic N) is 1. The number of hydrogen-bond acceptors (Lipinski definition) is 3. The van der Waals surface area contributed by atoms with Crippen LogP contribution in [0.25, 0.3) is 0 Å². The average Bonchev–Trinajstić information content (AvgIpc) is 2.53. The van der Waals surface area contributed by atoms with Gasteiger partial charge in [-0.1, -0.05) is 36.4 Å². The number of fused-ring (bicyclic) bond motifs is 1. The van der Waals surface area contributed by atoms with E-state index in [1.54, 1.807) is 0 Å². The highest BCUT2D eigenvalue weighted by atomic mass is 35.5. The van der Waals surface area contributed by atoms with Gasteiger partial charge in [0.1, 0.15) is 13.2 Å². The third kappa shape index (κ3) is 3.73. The van der Waals surface area contributed by atoms with Crippen LogP contribution in [0.2, 0.25) is 0 Å². The molecular weight excluding hydrogens is 298 g/mol. The second kappa shape index (κ2) is 7.52. The standard InChI is InChI=1S/C18H21NO2.ClH/c1-19(2)16(12-14-6-4-3-5-7-14)15-8-9-17-18(13-15)21-11-10-20-17;/h3-9,13,16H,10-12H2,1-2H3;1H. The highest BCUT2D eigenvalue weighted by Crippen LogP contribution is 2.34. The number of ether oxygens (including phenoxy) is 2. The first-order valence-electron chi connectivity index (χ1n) is 7.34. The minimum Gasteiger partial charge on any atom is -0.486 e. The van der Waals surface area contributed by atoms with Crippen LogP contribution in [0, 0.1) is 0 Å². The van der Waals surface area contributed by atoms with E-state index in [1.165, 1.54) is 11.1 Å². The molecule has 22 heavy (non-hydrogen) atoms. The van der Waals surface area contributed by atoms with E-state index in [0.29, 0.717) is 19.3 Å². The summed E-state index contributed by atoms with van der Waals surface area (Å²) in [5, 5.41) is 0. The molecule has 0 amide bonds. The fraction of sp³-hybridized carbons (Fsp3) is 0.333. The van der Waals surface area contributed by atoms with Crippen molar-refractivity contribution in [2.75, 3.05) is 27.3 Å². The van der Waals surface area contributed by atoms with Gasteiger partial charge in [-0.3, -0.25) is 0 Å². The molecule has 118 valence electrons. The van der Waals surface area contributed by atoms with Crippen molar-refractivity contribution in [1.82, 2.24) is 4.90 Å². The van der Waals surface area contributed by atoms with Crippen molar-refractivity contribution >= 4 is 12.4 Å². The summed E-state index contributed by atoms with van der Waals surface area (Å²) in [7, 11) is 4.23. The summed E-state index contributed by atoms with van der Waals surface area (Å²) in [6, 6.07) is 17.2. The Bertz CT molecular complexity index is 601. The lowest BCUT2D eigenvalue weighted by Crippen LogP contribution is -2.23. The van der Waals surface area contributed by atoms with Crippen LogP contribution >= 0.6 is 12.4 Å². The van der Waals surface area contributed by atoms with Gasteiger partial charge in [-0.2, -0.15) is 0 Å². The summed E-state index contributed by atoms with van der Waals surface area (Å²) < 4.78 is 11.3.